The summed E-state index contributed by atoms with van der Waals surface area (Å²) in [6.45, 7) is 4.07. The number of anilines is 2. The zero-order valence-electron chi connectivity index (χ0n) is 14.9. The second-order valence-electron chi connectivity index (χ2n) is 5.59. The predicted octanol–water partition coefficient (Wildman–Crippen LogP) is 1.48. The van der Waals surface area contributed by atoms with E-state index >= 15 is 0 Å². The smallest absolute Gasteiger partial charge is 0.338 e. The van der Waals surface area contributed by atoms with Crippen LogP contribution in [0.15, 0.2) is 48.5 Å². The molecule has 0 unspecified atom stereocenters. The minimum Gasteiger partial charge on any atom is -1.00 e. The number of halogens is 1. The summed E-state index contributed by atoms with van der Waals surface area (Å²) in [5.74, 6) is 0.403. The number of methoxy groups -OCH3 is 1. The van der Waals surface area contributed by atoms with Gasteiger partial charge in [0, 0.05) is 16.8 Å². The third-order valence-electron chi connectivity index (χ3n) is 3.82. The molecule has 0 saturated heterocycles. The number of fused-ring (bicyclic) bond motifs is 1. The van der Waals surface area contributed by atoms with E-state index in [1.54, 1.807) is 26.2 Å². The number of hydrogen-bond donors (Lipinski definition) is 1. The molecule has 0 aliphatic carbocycles. The highest BCUT2D eigenvalue weighted by Crippen LogP contribution is 2.31. The zero-order valence-corrected chi connectivity index (χ0v) is 15.6. The lowest BCUT2D eigenvalue weighted by Crippen LogP contribution is -3.00. The molecule has 26 heavy (non-hydrogen) atoms. The molecule has 0 aliphatic heterocycles. The topological polar surface area (TPSA) is 60.5 Å². The molecule has 0 fully saturated rings. The molecule has 0 spiro atoms. The lowest BCUT2D eigenvalue weighted by molar-refractivity contribution is -0.0000234. The standard InChI is InChI=1S/C20H20N2O3.ClH/c1-4-25-20(23)14-9-10-16-15(12-14)18(11-13(2)21-16)22-17-7-5-6-8-19(17)24-3;/h5-12H,4H2,1-3H3,(H,21,22);1H/p-1. The number of carbonyl (C=O) groups is 1. The van der Waals surface area contributed by atoms with Crippen LogP contribution in [0.3, 0.4) is 0 Å². The van der Waals surface area contributed by atoms with E-state index in [2.05, 4.69) is 10.3 Å². The summed E-state index contributed by atoms with van der Waals surface area (Å²) in [6.07, 6.45) is 0. The predicted molar refractivity (Wildman–Crippen MR) is 98.7 cm³/mol. The molecule has 0 amide bonds. The Morgan fingerprint density at radius 3 is 2.62 bits per heavy atom. The van der Waals surface area contributed by atoms with Crippen LogP contribution in [0.2, 0.25) is 0 Å². The van der Waals surface area contributed by atoms with Gasteiger partial charge in [-0.2, -0.15) is 0 Å². The Balaban J connectivity index is 0.00000243. The average Bonchev–Trinajstić information content (AvgIpc) is 2.62. The van der Waals surface area contributed by atoms with E-state index in [-0.39, 0.29) is 18.4 Å². The molecule has 0 radical (unpaired) electrons. The minimum atomic E-state index is -0.340. The maximum absolute atomic E-state index is 12.0. The molecule has 0 aliphatic rings. The number of carbonyl (C=O) groups excluding carboxylic acids is 1. The fraction of sp³-hybridized carbons (Fsp3) is 0.200. The van der Waals surface area contributed by atoms with Crippen molar-refractivity contribution in [2.75, 3.05) is 19.0 Å². The van der Waals surface area contributed by atoms with Crippen molar-refractivity contribution in [3.05, 3.63) is 59.8 Å². The fourth-order valence-electron chi connectivity index (χ4n) is 2.70. The van der Waals surface area contributed by atoms with Crippen molar-refractivity contribution < 1.29 is 26.7 Å². The molecule has 1 heterocycles. The number of nitrogens with one attached hydrogen (secondary N) is 1. The van der Waals surface area contributed by atoms with Crippen molar-refractivity contribution in [2.45, 2.75) is 13.8 Å². The van der Waals surface area contributed by atoms with Crippen molar-refractivity contribution in [1.29, 1.82) is 0 Å². The van der Waals surface area contributed by atoms with Gasteiger partial charge in [-0.1, -0.05) is 12.1 Å². The van der Waals surface area contributed by atoms with E-state index < -0.39 is 0 Å². The monoisotopic (exact) mass is 371 g/mol. The quantitative estimate of drug-likeness (QED) is 0.688. The molecule has 5 nitrogen and oxygen atoms in total. The molecule has 0 saturated carbocycles. The summed E-state index contributed by atoms with van der Waals surface area (Å²) >= 11 is 0. The Morgan fingerprint density at radius 1 is 1.12 bits per heavy atom. The molecule has 3 rings (SSSR count). The van der Waals surface area contributed by atoms with E-state index in [1.165, 1.54) is 0 Å². The van der Waals surface area contributed by atoms with Crippen molar-refractivity contribution in [2.24, 2.45) is 0 Å². The van der Waals surface area contributed by atoms with Gasteiger partial charge in [-0.15, -0.1) is 0 Å². The average molecular weight is 372 g/mol. The summed E-state index contributed by atoms with van der Waals surface area (Å²) in [4.78, 5) is 16.6. The minimum absolute atomic E-state index is 0. The van der Waals surface area contributed by atoms with Crippen LogP contribution in [0.25, 0.3) is 10.9 Å². The summed E-state index contributed by atoms with van der Waals surface area (Å²) < 4.78 is 10.5. The third-order valence-corrected chi connectivity index (χ3v) is 3.82. The van der Waals surface area contributed by atoms with E-state index in [0.717, 1.165) is 33.7 Å². The SMILES string of the molecule is CCOC(=O)c1ccc2nc(C)cc(Nc3ccccc3OC)c2c1.[Cl-]. The first-order chi connectivity index (χ1) is 12.1. The van der Waals surface area contributed by atoms with Crippen LogP contribution >= 0.6 is 0 Å². The van der Waals surface area contributed by atoms with Gasteiger partial charge in [0.25, 0.3) is 0 Å². The number of esters is 1. The Kier molecular flexibility index (Phi) is 6.41. The Hall–Kier alpha value is -2.79. The van der Waals surface area contributed by atoms with Gasteiger partial charge in [0.2, 0.25) is 0 Å². The van der Waals surface area contributed by atoms with Crippen LogP contribution < -0.4 is 22.5 Å². The van der Waals surface area contributed by atoms with Crippen LogP contribution in [-0.2, 0) is 4.74 Å². The van der Waals surface area contributed by atoms with Gasteiger partial charge in [0.05, 0.1) is 30.5 Å². The largest absolute Gasteiger partial charge is 1.00 e. The van der Waals surface area contributed by atoms with Gasteiger partial charge in [-0.3, -0.25) is 4.98 Å². The van der Waals surface area contributed by atoms with Crippen LogP contribution in [0, 0.1) is 6.92 Å². The molecule has 3 aromatic rings. The summed E-state index contributed by atoms with van der Waals surface area (Å²) in [6, 6.07) is 15.0. The lowest BCUT2D eigenvalue weighted by Gasteiger charge is -2.14. The number of ether oxygens (including phenoxy) is 2. The molecule has 2 aromatic carbocycles. The Bertz CT molecular complexity index is 928. The van der Waals surface area contributed by atoms with Crippen molar-refractivity contribution in [1.82, 2.24) is 4.98 Å². The molecule has 136 valence electrons. The van der Waals surface area contributed by atoms with Crippen LogP contribution in [0.1, 0.15) is 23.0 Å². The van der Waals surface area contributed by atoms with Gasteiger partial charge < -0.3 is 27.2 Å². The summed E-state index contributed by atoms with van der Waals surface area (Å²) in [5.41, 5.74) is 3.90. The highest BCUT2D eigenvalue weighted by Gasteiger charge is 2.12. The third kappa shape index (κ3) is 4.06. The summed E-state index contributed by atoms with van der Waals surface area (Å²) in [7, 11) is 1.63. The molecule has 1 aromatic heterocycles. The molecule has 0 atom stereocenters. The van der Waals surface area contributed by atoms with Crippen LogP contribution in [0.5, 0.6) is 5.75 Å². The molecule has 1 N–H and O–H groups in total. The van der Waals surface area contributed by atoms with Crippen molar-refractivity contribution in [3.8, 4) is 5.75 Å². The fourth-order valence-corrected chi connectivity index (χ4v) is 2.70. The lowest BCUT2D eigenvalue weighted by atomic mass is 10.1. The summed E-state index contributed by atoms with van der Waals surface area (Å²) in [5, 5.41) is 4.24. The number of benzene rings is 2. The first-order valence-corrected chi connectivity index (χ1v) is 8.11. The maximum Gasteiger partial charge on any atom is 0.338 e. The van der Waals surface area contributed by atoms with Crippen molar-refractivity contribution in [3.63, 3.8) is 0 Å². The molecular formula is C20H20ClN2O3-. The van der Waals surface area contributed by atoms with Gasteiger partial charge >= 0.3 is 5.97 Å². The molecule has 6 heteroatoms. The second-order valence-corrected chi connectivity index (χ2v) is 5.59. The van der Waals surface area contributed by atoms with Gasteiger partial charge in [0.15, 0.2) is 0 Å². The molecular weight excluding hydrogens is 352 g/mol. The number of pyridine rings is 1. The number of hydrogen-bond acceptors (Lipinski definition) is 5. The van der Waals surface area contributed by atoms with E-state index in [0.29, 0.717) is 12.2 Å². The van der Waals surface area contributed by atoms with E-state index in [4.69, 9.17) is 9.47 Å². The molecule has 0 bridgehead atoms. The number of aromatic nitrogens is 1. The first kappa shape index (κ1) is 19.5. The van der Waals surface area contributed by atoms with Gasteiger partial charge in [0.1, 0.15) is 5.75 Å². The normalized spacial score (nSPS) is 10.1. The highest BCUT2D eigenvalue weighted by atomic mass is 35.5. The number of nitrogens with zero attached hydrogens (tertiary/aromatic N) is 1. The van der Waals surface area contributed by atoms with Gasteiger partial charge in [-0.05, 0) is 50.2 Å². The number of para-hydroxylation sites is 2. The second kappa shape index (κ2) is 8.54. The van der Waals surface area contributed by atoms with Crippen LogP contribution in [0.4, 0.5) is 11.4 Å². The van der Waals surface area contributed by atoms with Crippen molar-refractivity contribution >= 4 is 28.2 Å². The first-order valence-electron chi connectivity index (χ1n) is 8.11. The zero-order chi connectivity index (χ0) is 17.8. The highest BCUT2D eigenvalue weighted by molar-refractivity contribution is 6.00. The maximum atomic E-state index is 12.0. The van der Waals surface area contributed by atoms with Crippen LogP contribution in [-0.4, -0.2) is 24.7 Å². The van der Waals surface area contributed by atoms with E-state index in [1.807, 2.05) is 43.3 Å². The Morgan fingerprint density at radius 2 is 1.88 bits per heavy atom. The van der Waals surface area contributed by atoms with Gasteiger partial charge in [-0.25, -0.2) is 4.79 Å². The van der Waals surface area contributed by atoms with E-state index in [9.17, 15) is 4.79 Å². The number of aryl methyl sites for hydroxylation is 1. The Labute approximate surface area is 158 Å². The number of rotatable bonds is 5.